The molecular weight excluding hydrogens is 398 g/mol. The number of rotatable bonds is 9. The van der Waals surface area contributed by atoms with Gasteiger partial charge in [-0.05, 0) is 47.0 Å². The number of carbonyl (C=O) groups excluding carboxylic acids is 3. The molecule has 1 fully saturated rings. The van der Waals surface area contributed by atoms with Crippen molar-refractivity contribution < 1.29 is 19.1 Å². The van der Waals surface area contributed by atoms with E-state index in [1.165, 1.54) is 10.7 Å². The zero-order valence-electron chi connectivity index (χ0n) is 19.1. The first-order valence-electron chi connectivity index (χ1n) is 11.4. The summed E-state index contributed by atoms with van der Waals surface area (Å²) in [7, 11) is 0. The van der Waals surface area contributed by atoms with Gasteiger partial charge in [0.25, 0.3) is 11.8 Å². The van der Waals surface area contributed by atoms with Crippen molar-refractivity contribution in [1.29, 1.82) is 0 Å². The van der Waals surface area contributed by atoms with Gasteiger partial charge in [-0.15, -0.1) is 0 Å². The molecular formula is C22H35N5O4. The average molecular weight is 434 g/mol. The highest BCUT2D eigenvalue weighted by Gasteiger charge is 2.48. The highest BCUT2D eigenvalue weighted by molar-refractivity contribution is 6.01. The van der Waals surface area contributed by atoms with E-state index in [1.807, 2.05) is 20.8 Å². The molecule has 2 heterocycles. The van der Waals surface area contributed by atoms with Crippen molar-refractivity contribution in [2.75, 3.05) is 19.7 Å². The fraction of sp³-hybridized carbons (Fsp3) is 0.727. The highest BCUT2D eigenvalue weighted by atomic mass is 16.5. The van der Waals surface area contributed by atoms with Crippen LogP contribution in [0.1, 0.15) is 80.8 Å². The van der Waals surface area contributed by atoms with Crippen molar-refractivity contribution in [1.82, 2.24) is 25.3 Å². The van der Waals surface area contributed by atoms with Crippen molar-refractivity contribution in [3.8, 4) is 0 Å². The molecule has 1 saturated carbocycles. The summed E-state index contributed by atoms with van der Waals surface area (Å²) in [6.07, 6.45) is 5.03. The molecule has 9 heteroatoms. The summed E-state index contributed by atoms with van der Waals surface area (Å²) in [5.74, 6) is -0.777. The summed E-state index contributed by atoms with van der Waals surface area (Å²) in [5, 5.41) is 10.3. The molecule has 31 heavy (non-hydrogen) atoms. The van der Waals surface area contributed by atoms with E-state index >= 15 is 0 Å². The van der Waals surface area contributed by atoms with Crippen molar-refractivity contribution in [3.63, 3.8) is 0 Å². The van der Waals surface area contributed by atoms with Crippen molar-refractivity contribution >= 4 is 17.7 Å². The fourth-order valence-corrected chi connectivity index (χ4v) is 4.34. The topological polar surface area (TPSA) is 106 Å². The smallest absolute Gasteiger partial charge is 0.273 e. The van der Waals surface area contributed by atoms with Gasteiger partial charge >= 0.3 is 0 Å². The van der Waals surface area contributed by atoms with Gasteiger partial charge in [-0.2, -0.15) is 5.10 Å². The molecule has 0 spiro atoms. The van der Waals surface area contributed by atoms with Gasteiger partial charge in [0.15, 0.2) is 5.69 Å². The van der Waals surface area contributed by atoms with Gasteiger partial charge in [-0.25, -0.2) is 0 Å². The maximum absolute atomic E-state index is 13.2. The number of amides is 3. The number of ether oxygens (including phenoxy) is 1. The van der Waals surface area contributed by atoms with Crippen LogP contribution in [0.15, 0.2) is 6.07 Å². The van der Waals surface area contributed by atoms with E-state index in [-0.39, 0.29) is 42.1 Å². The molecule has 0 bridgehead atoms. The van der Waals surface area contributed by atoms with Crippen molar-refractivity contribution in [3.05, 3.63) is 17.5 Å². The lowest BCUT2D eigenvalue weighted by Gasteiger charge is -2.43. The minimum atomic E-state index is -1.05. The molecule has 9 nitrogen and oxygen atoms in total. The van der Waals surface area contributed by atoms with E-state index in [4.69, 9.17) is 4.74 Å². The molecule has 3 rings (SSSR count). The number of aromatic nitrogens is 2. The standard InChI is InChI=1S/C22H35N5O4/c1-5-26-20(29)18-13-17(19(28)23-11-8-12-31-15(2)3)25-27(18)14-22(26,4)21(30)24-16-9-6-7-10-16/h13,15-16H,5-12,14H2,1-4H3,(H,23,28)(H,24,30). The van der Waals surface area contributed by atoms with E-state index < -0.39 is 5.54 Å². The third-order valence-electron chi connectivity index (χ3n) is 6.08. The van der Waals surface area contributed by atoms with Crippen LogP contribution < -0.4 is 10.6 Å². The molecule has 1 aliphatic carbocycles. The van der Waals surface area contributed by atoms with Crippen LogP contribution in [-0.2, 0) is 16.1 Å². The predicted octanol–water partition coefficient (Wildman–Crippen LogP) is 1.72. The Morgan fingerprint density at radius 2 is 2.03 bits per heavy atom. The number of carbonyl (C=O) groups is 3. The Morgan fingerprint density at radius 3 is 2.68 bits per heavy atom. The highest BCUT2D eigenvalue weighted by Crippen LogP contribution is 2.28. The molecule has 1 aromatic heterocycles. The second kappa shape index (κ2) is 9.80. The van der Waals surface area contributed by atoms with Crippen LogP contribution in [0, 0.1) is 0 Å². The average Bonchev–Trinajstić information content (AvgIpc) is 3.37. The van der Waals surface area contributed by atoms with Crippen LogP contribution >= 0.6 is 0 Å². The number of hydrogen-bond donors (Lipinski definition) is 2. The molecule has 2 aliphatic rings. The minimum absolute atomic E-state index is 0.156. The van der Waals surface area contributed by atoms with Gasteiger partial charge in [-0.3, -0.25) is 19.1 Å². The predicted molar refractivity (Wildman–Crippen MR) is 116 cm³/mol. The van der Waals surface area contributed by atoms with Crippen LogP contribution in [0.4, 0.5) is 0 Å². The van der Waals surface area contributed by atoms with Crippen LogP contribution in [0.5, 0.6) is 0 Å². The molecule has 172 valence electrons. The quantitative estimate of drug-likeness (QED) is 0.577. The molecule has 1 aromatic rings. The zero-order valence-corrected chi connectivity index (χ0v) is 19.1. The molecule has 1 aliphatic heterocycles. The number of nitrogens with one attached hydrogen (secondary N) is 2. The number of likely N-dealkylation sites (N-methyl/N-ethyl adjacent to an activating group) is 1. The van der Waals surface area contributed by atoms with Gasteiger partial charge in [0.2, 0.25) is 5.91 Å². The molecule has 1 atom stereocenters. The third kappa shape index (κ3) is 5.08. The van der Waals surface area contributed by atoms with Gasteiger partial charge in [0.05, 0.1) is 12.6 Å². The first kappa shape index (κ1) is 23.2. The Morgan fingerprint density at radius 1 is 1.32 bits per heavy atom. The van der Waals surface area contributed by atoms with E-state index in [2.05, 4.69) is 15.7 Å². The number of nitrogens with zero attached hydrogens (tertiary/aromatic N) is 3. The monoisotopic (exact) mass is 433 g/mol. The van der Waals surface area contributed by atoms with Gasteiger partial charge < -0.3 is 20.3 Å². The molecule has 0 aromatic carbocycles. The van der Waals surface area contributed by atoms with E-state index in [0.29, 0.717) is 31.8 Å². The van der Waals surface area contributed by atoms with E-state index in [1.54, 1.807) is 11.8 Å². The van der Waals surface area contributed by atoms with E-state index in [0.717, 1.165) is 25.7 Å². The second-order valence-corrected chi connectivity index (χ2v) is 8.88. The molecule has 3 amide bonds. The van der Waals surface area contributed by atoms with Crippen LogP contribution in [0.3, 0.4) is 0 Å². The second-order valence-electron chi connectivity index (χ2n) is 8.88. The number of fused-ring (bicyclic) bond motifs is 1. The largest absolute Gasteiger partial charge is 0.379 e. The summed E-state index contributed by atoms with van der Waals surface area (Å²) >= 11 is 0. The SMILES string of the molecule is CCN1C(=O)c2cc(C(=O)NCCCOC(C)C)nn2CC1(C)C(=O)NC1CCCC1. The summed E-state index contributed by atoms with van der Waals surface area (Å²) in [6.45, 7) is 9.21. The minimum Gasteiger partial charge on any atom is -0.379 e. The third-order valence-corrected chi connectivity index (χ3v) is 6.08. The van der Waals surface area contributed by atoms with Gasteiger partial charge in [0.1, 0.15) is 11.2 Å². The normalized spacial score (nSPS) is 21.5. The van der Waals surface area contributed by atoms with Gasteiger partial charge in [-0.1, -0.05) is 12.8 Å². The van der Waals surface area contributed by atoms with Crippen molar-refractivity contribution in [2.45, 2.75) is 84.0 Å². The maximum Gasteiger partial charge on any atom is 0.273 e. The Hall–Kier alpha value is -2.42. The Bertz CT molecular complexity index is 815. The fourth-order valence-electron chi connectivity index (χ4n) is 4.34. The Kier molecular flexibility index (Phi) is 7.35. The first-order valence-corrected chi connectivity index (χ1v) is 11.4. The first-order chi connectivity index (χ1) is 14.8. The molecule has 1 unspecified atom stereocenters. The molecule has 0 radical (unpaired) electrons. The van der Waals surface area contributed by atoms with Gasteiger partial charge in [0, 0.05) is 31.8 Å². The molecule has 0 saturated heterocycles. The van der Waals surface area contributed by atoms with Crippen LogP contribution in [0.25, 0.3) is 0 Å². The lowest BCUT2D eigenvalue weighted by Crippen LogP contribution is -2.64. The Labute approximate surface area is 183 Å². The van der Waals surface area contributed by atoms with Crippen LogP contribution in [0.2, 0.25) is 0 Å². The number of hydrogen-bond acceptors (Lipinski definition) is 5. The Balaban J connectivity index is 1.69. The maximum atomic E-state index is 13.2. The summed E-state index contributed by atoms with van der Waals surface area (Å²) < 4.78 is 6.97. The lowest BCUT2D eigenvalue weighted by molar-refractivity contribution is -0.133. The van der Waals surface area contributed by atoms with Crippen LogP contribution in [-0.4, -0.2) is 69.8 Å². The summed E-state index contributed by atoms with van der Waals surface area (Å²) in [6, 6.07) is 1.68. The zero-order chi connectivity index (χ0) is 22.6. The molecule has 2 N–H and O–H groups in total. The summed E-state index contributed by atoms with van der Waals surface area (Å²) in [4.78, 5) is 40.4. The summed E-state index contributed by atoms with van der Waals surface area (Å²) in [5.41, 5.74) is -0.527. The van der Waals surface area contributed by atoms with E-state index in [9.17, 15) is 14.4 Å². The van der Waals surface area contributed by atoms with Crippen molar-refractivity contribution in [2.24, 2.45) is 0 Å². The lowest BCUT2D eigenvalue weighted by atomic mass is 9.94.